The van der Waals surface area contributed by atoms with Crippen LogP contribution in [0.4, 0.5) is 11.4 Å². The van der Waals surface area contributed by atoms with Gasteiger partial charge in [-0.05, 0) is 54.1 Å². The van der Waals surface area contributed by atoms with Crippen molar-refractivity contribution in [2.75, 3.05) is 36.5 Å². The van der Waals surface area contributed by atoms with Crippen LogP contribution in [0.2, 0.25) is 0 Å². The minimum absolute atomic E-state index is 0.174. The second-order valence-electron chi connectivity index (χ2n) is 6.90. The van der Waals surface area contributed by atoms with Gasteiger partial charge in [0.15, 0.2) is 6.10 Å². The first-order valence-corrected chi connectivity index (χ1v) is 9.58. The van der Waals surface area contributed by atoms with Crippen LogP contribution in [0.5, 0.6) is 5.75 Å². The van der Waals surface area contributed by atoms with Gasteiger partial charge in [-0.2, -0.15) is 0 Å². The van der Waals surface area contributed by atoms with Gasteiger partial charge in [0.05, 0.1) is 13.2 Å². The highest BCUT2D eigenvalue weighted by molar-refractivity contribution is 5.94. The molecule has 1 N–H and O–H groups in total. The molecule has 0 aliphatic carbocycles. The molecule has 1 amide bonds. The van der Waals surface area contributed by atoms with E-state index in [2.05, 4.69) is 16.3 Å². The van der Waals surface area contributed by atoms with Gasteiger partial charge >= 0.3 is 0 Å². The molecular weight excluding hydrogens is 352 g/mol. The number of rotatable bonds is 5. The Hall–Kier alpha value is -3.05. The number of amides is 1. The molecule has 28 heavy (non-hydrogen) atoms. The second kappa shape index (κ2) is 8.31. The van der Waals surface area contributed by atoms with Crippen molar-refractivity contribution >= 4 is 28.1 Å². The molecule has 0 bridgehead atoms. The van der Waals surface area contributed by atoms with Crippen molar-refractivity contribution in [1.29, 1.82) is 0 Å². The molecular formula is C23H24N2O3. The van der Waals surface area contributed by atoms with Crippen LogP contribution in [0.1, 0.15) is 6.92 Å². The van der Waals surface area contributed by atoms with Crippen LogP contribution in [-0.2, 0) is 9.53 Å². The average Bonchev–Trinajstić information content (AvgIpc) is 2.75. The minimum atomic E-state index is -0.597. The van der Waals surface area contributed by atoms with E-state index in [-0.39, 0.29) is 5.91 Å². The third-order valence-corrected chi connectivity index (χ3v) is 4.91. The Kier molecular flexibility index (Phi) is 5.44. The lowest BCUT2D eigenvalue weighted by Crippen LogP contribution is -2.36. The number of hydrogen-bond donors (Lipinski definition) is 1. The highest BCUT2D eigenvalue weighted by Gasteiger charge is 2.16. The van der Waals surface area contributed by atoms with Gasteiger partial charge in [0.1, 0.15) is 5.75 Å². The predicted octanol–water partition coefficient (Wildman–Crippen LogP) is 4.08. The molecule has 3 aromatic carbocycles. The number of fused-ring (bicyclic) bond motifs is 1. The first kappa shape index (κ1) is 18.3. The van der Waals surface area contributed by atoms with E-state index in [0.29, 0.717) is 5.75 Å². The lowest BCUT2D eigenvalue weighted by Gasteiger charge is -2.29. The summed E-state index contributed by atoms with van der Waals surface area (Å²) in [6.07, 6.45) is -0.597. The van der Waals surface area contributed by atoms with Gasteiger partial charge in [-0.1, -0.05) is 30.3 Å². The lowest BCUT2D eigenvalue weighted by molar-refractivity contribution is -0.122. The summed E-state index contributed by atoms with van der Waals surface area (Å²) in [6.45, 7) is 5.04. The fraction of sp³-hybridized carbons (Fsp3) is 0.261. The van der Waals surface area contributed by atoms with E-state index < -0.39 is 6.10 Å². The molecule has 1 heterocycles. The summed E-state index contributed by atoms with van der Waals surface area (Å²) in [5, 5.41) is 5.16. The Bertz CT molecular complexity index is 949. The van der Waals surface area contributed by atoms with Gasteiger partial charge in [-0.3, -0.25) is 4.79 Å². The van der Waals surface area contributed by atoms with Crippen LogP contribution in [0.15, 0.2) is 66.7 Å². The SMILES string of the molecule is CC(Oc1ccc2ccccc2c1)C(=O)Nc1ccc(N2CCOCC2)cc1. The van der Waals surface area contributed by atoms with Crippen molar-refractivity contribution in [2.45, 2.75) is 13.0 Å². The average molecular weight is 376 g/mol. The van der Waals surface area contributed by atoms with Crippen molar-refractivity contribution in [3.05, 3.63) is 66.7 Å². The minimum Gasteiger partial charge on any atom is -0.481 e. The van der Waals surface area contributed by atoms with Gasteiger partial charge in [-0.15, -0.1) is 0 Å². The van der Waals surface area contributed by atoms with E-state index >= 15 is 0 Å². The monoisotopic (exact) mass is 376 g/mol. The van der Waals surface area contributed by atoms with Crippen molar-refractivity contribution in [2.24, 2.45) is 0 Å². The van der Waals surface area contributed by atoms with Gasteiger partial charge in [0.25, 0.3) is 5.91 Å². The summed E-state index contributed by atoms with van der Waals surface area (Å²) in [5.74, 6) is 0.510. The van der Waals surface area contributed by atoms with E-state index in [0.717, 1.165) is 48.5 Å². The summed E-state index contributed by atoms with van der Waals surface area (Å²) in [6, 6.07) is 21.8. The maximum atomic E-state index is 12.5. The topological polar surface area (TPSA) is 50.8 Å². The second-order valence-corrected chi connectivity index (χ2v) is 6.90. The zero-order chi connectivity index (χ0) is 19.3. The zero-order valence-corrected chi connectivity index (χ0v) is 15.9. The number of morpholine rings is 1. The molecule has 144 valence electrons. The fourth-order valence-corrected chi connectivity index (χ4v) is 3.32. The standard InChI is InChI=1S/C23H24N2O3/c1-17(28-22-11-6-18-4-2-3-5-19(18)16-22)23(26)24-20-7-9-21(10-8-20)25-12-14-27-15-13-25/h2-11,16-17H,12-15H2,1H3,(H,24,26). The summed E-state index contributed by atoms with van der Waals surface area (Å²) in [5.41, 5.74) is 1.90. The molecule has 5 nitrogen and oxygen atoms in total. The van der Waals surface area contributed by atoms with Crippen LogP contribution in [0, 0.1) is 0 Å². The van der Waals surface area contributed by atoms with Gasteiger partial charge in [0, 0.05) is 24.5 Å². The predicted molar refractivity (Wildman–Crippen MR) is 112 cm³/mol. The first-order valence-electron chi connectivity index (χ1n) is 9.58. The molecule has 1 aliphatic heterocycles. The summed E-state index contributed by atoms with van der Waals surface area (Å²) < 4.78 is 11.2. The highest BCUT2D eigenvalue weighted by atomic mass is 16.5. The van der Waals surface area contributed by atoms with Gasteiger partial charge in [0.2, 0.25) is 0 Å². The molecule has 5 heteroatoms. The van der Waals surface area contributed by atoms with Crippen molar-refractivity contribution in [3.63, 3.8) is 0 Å². The summed E-state index contributed by atoms with van der Waals surface area (Å²) >= 11 is 0. The molecule has 3 aromatic rings. The van der Waals surface area contributed by atoms with Crippen LogP contribution in [0.25, 0.3) is 10.8 Å². The number of nitrogens with zero attached hydrogens (tertiary/aromatic N) is 1. The molecule has 1 saturated heterocycles. The number of anilines is 2. The van der Waals surface area contributed by atoms with Crippen LogP contribution < -0.4 is 15.0 Å². The molecule has 1 fully saturated rings. The van der Waals surface area contributed by atoms with Crippen LogP contribution >= 0.6 is 0 Å². The maximum absolute atomic E-state index is 12.5. The van der Waals surface area contributed by atoms with E-state index in [1.54, 1.807) is 6.92 Å². The number of benzene rings is 3. The fourth-order valence-electron chi connectivity index (χ4n) is 3.32. The number of hydrogen-bond acceptors (Lipinski definition) is 4. The summed E-state index contributed by atoms with van der Waals surface area (Å²) in [7, 11) is 0. The molecule has 1 aliphatic rings. The van der Waals surface area contributed by atoms with Crippen molar-refractivity contribution in [3.8, 4) is 5.75 Å². The summed E-state index contributed by atoms with van der Waals surface area (Å²) in [4.78, 5) is 14.8. The number of ether oxygens (including phenoxy) is 2. The van der Waals surface area contributed by atoms with E-state index in [9.17, 15) is 4.79 Å². The van der Waals surface area contributed by atoms with Crippen molar-refractivity contribution < 1.29 is 14.3 Å². The molecule has 4 rings (SSSR count). The van der Waals surface area contributed by atoms with Crippen molar-refractivity contribution in [1.82, 2.24) is 0 Å². The van der Waals surface area contributed by atoms with E-state index in [1.807, 2.05) is 60.7 Å². The van der Waals surface area contributed by atoms with Crippen LogP contribution in [-0.4, -0.2) is 38.3 Å². The Morgan fingerprint density at radius 3 is 2.46 bits per heavy atom. The van der Waals surface area contributed by atoms with E-state index in [1.165, 1.54) is 0 Å². The van der Waals surface area contributed by atoms with E-state index in [4.69, 9.17) is 9.47 Å². The normalized spacial score (nSPS) is 15.2. The third-order valence-electron chi connectivity index (χ3n) is 4.91. The molecule has 0 radical (unpaired) electrons. The van der Waals surface area contributed by atoms with Gasteiger partial charge in [-0.25, -0.2) is 0 Å². The molecule has 0 saturated carbocycles. The highest BCUT2D eigenvalue weighted by Crippen LogP contribution is 2.22. The zero-order valence-electron chi connectivity index (χ0n) is 15.9. The Labute approximate surface area is 164 Å². The smallest absolute Gasteiger partial charge is 0.265 e. The number of carbonyl (C=O) groups is 1. The Balaban J connectivity index is 1.36. The number of nitrogens with one attached hydrogen (secondary N) is 1. The molecule has 0 spiro atoms. The van der Waals surface area contributed by atoms with Gasteiger partial charge < -0.3 is 19.7 Å². The Morgan fingerprint density at radius 2 is 1.71 bits per heavy atom. The largest absolute Gasteiger partial charge is 0.481 e. The lowest BCUT2D eigenvalue weighted by atomic mass is 10.1. The maximum Gasteiger partial charge on any atom is 0.265 e. The van der Waals surface area contributed by atoms with Crippen LogP contribution in [0.3, 0.4) is 0 Å². The number of carbonyl (C=O) groups excluding carboxylic acids is 1. The quantitative estimate of drug-likeness (QED) is 0.729. The molecule has 1 unspecified atom stereocenters. The Morgan fingerprint density at radius 1 is 1.00 bits per heavy atom. The molecule has 0 aromatic heterocycles. The third kappa shape index (κ3) is 4.26. The first-order chi connectivity index (χ1) is 13.7. The molecule has 1 atom stereocenters.